The summed E-state index contributed by atoms with van der Waals surface area (Å²) in [6, 6.07) is 6.44. The molecule has 0 saturated carbocycles. The summed E-state index contributed by atoms with van der Waals surface area (Å²) in [5.41, 5.74) is 5.09. The number of aryl methyl sites for hydroxylation is 1. The highest BCUT2D eigenvalue weighted by Crippen LogP contribution is 2.48. The molecule has 0 amide bonds. The van der Waals surface area contributed by atoms with Gasteiger partial charge in [0.05, 0.1) is 5.60 Å². The molecular formula is C21H33BO. The van der Waals surface area contributed by atoms with Crippen LogP contribution in [0.25, 0.3) is 11.5 Å². The molecule has 1 aliphatic rings. The first kappa shape index (κ1) is 19.8. The summed E-state index contributed by atoms with van der Waals surface area (Å²) < 4.78 is 6.41. The Morgan fingerprint density at radius 1 is 1.22 bits per heavy atom. The Morgan fingerprint density at radius 3 is 2.26 bits per heavy atom. The van der Waals surface area contributed by atoms with E-state index in [1.807, 2.05) is 19.9 Å². The molecule has 1 saturated heterocycles. The Balaban J connectivity index is 0.00000127. The van der Waals surface area contributed by atoms with Crippen molar-refractivity contribution < 1.29 is 4.65 Å². The summed E-state index contributed by atoms with van der Waals surface area (Å²) in [6.45, 7) is 21.4. The molecule has 126 valence electrons. The molecule has 2 heteroatoms. The van der Waals surface area contributed by atoms with Gasteiger partial charge in [-0.2, -0.15) is 0 Å². The molecule has 1 aromatic rings. The predicted molar refractivity (Wildman–Crippen MR) is 106 cm³/mol. The van der Waals surface area contributed by atoms with Crippen LogP contribution in [-0.4, -0.2) is 12.5 Å². The monoisotopic (exact) mass is 312 g/mol. The third-order valence-electron chi connectivity index (χ3n) is 5.26. The summed E-state index contributed by atoms with van der Waals surface area (Å²) in [5.74, 6) is 0. The Kier molecular flexibility index (Phi) is 6.47. The Bertz CT molecular complexity index is 566. The topological polar surface area (TPSA) is 9.23 Å². The van der Waals surface area contributed by atoms with Gasteiger partial charge in [-0.15, -0.1) is 0 Å². The van der Waals surface area contributed by atoms with E-state index in [0.717, 1.165) is 6.32 Å². The molecule has 0 radical (unpaired) electrons. The molecule has 0 bridgehead atoms. The van der Waals surface area contributed by atoms with Crippen LogP contribution in [-0.2, 0) is 4.65 Å². The van der Waals surface area contributed by atoms with E-state index in [-0.39, 0.29) is 17.9 Å². The van der Waals surface area contributed by atoms with Crippen LogP contribution in [0.15, 0.2) is 30.9 Å². The summed E-state index contributed by atoms with van der Waals surface area (Å²) in [7, 11) is 0. The molecule has 1 nitrogen and oxygen atoms in total. The Labute approximate surface area is 143 Å². The first-order valence-corrected chi connectivity index (χ1v) is 8.80. The van der Waals surface area contributed by atoms with E-state index in [2.05, 4.69) is 72.4 Å². The van der Waals surface area contributed by atoms with Crippen molar-refractivity contribution in [2.75, 3.05) is 0 Å². The van der Waals surface area contributed by atoms with Gasteiger partial charge in [-0.25, -0.2) is 0 Å². The van der Waals surface area contributed by atoms with Gasteiger partial charge in [0.2, 0.25) is 0 Å². The van der Waals surface area contributed by atoms with Crippen LogP contribution in [0, 0.1) is 12.3 Å². The fraction of sp³-hybridized carbons (Fsp3) is 0.524. The summed E-state index contributed by atoms with van der Waals surface area (Å²) >= 11 is 0. The number of allylic oxidation sites excluding steroid dienone is 1. The minimum Gasteiger partial charge on any atom is -0.426 e. The Morgan fingerprint density at radius 2 is 1.83 bits per heavy atom. The van der Waals surface area contributed by atoms with E-state index in [0.29, 0.717) is 0 Å². The minimum absolute atomic E-state index is 0.107. The zero-order chi connectivity index (χ0) is 17.8. The van der Waals surface area contributed by atoms with Crippen LogP contribution in [0.1, 0.15) is 65.2 Å². The molecule has 2 rings (SSSR count). The number of benzene rings is 1. The molecule has 0 N–H and O–H groups in total. The smallest absolute Gasteiger partial charge is 0.328 e. The zero-order valence-corrected chi connectivity index (χ0v) is 16.3. The van der Waals surface area contributed by atoms with Gasteiger partial charge >= 0.3 is 6.92 Å². The number of rotatable bonds is 3. The predicted octanol–water partition coefficient (Wildman–Crippen LogP) is 6.43. The molecule has 1 aromatic carbocycles. The fourth-order valence-electron chi connectivity index (χ4n) is 3.16. The van der Waals surface area contributed by atoms with Crippen molar-refractivity contribution in [2.45, 2.75) is 67.3 Å². The highest BCUT2D eigenvalue weighted by molar-refractivity contribution is 6.74. The Hall–Kier alpha value is -1.28. The second-order valence-corrected chi connectivity index (χ2v) is 7.19. The van der Waals surface area contributed by atoms with E-state index in [1.54, 1.807) is 0 Å². The quantitative estimate of drug-likeness (QED) is 0.584. The first-order chi connectivity index (χ1) is 10.7. The maximum atomic E-state index is 6.41. The van der Waals surface area contributed by atoms with E-state index in [9.17, 15) is 0 Å². The summed E-state index contributed by atoms with van der Waals surface area (Å²) in [4.78, 5) is 0. The van der Waals surface area contributed by atoms with Gasteiger partial charge < -0.3 is 4.65 Å². The maximum Gasteiger partial charge on any atom is 0.328 e. The normalized spacial score (nSPS) is 19.1. The average molecular weight is 312 g/mol. The molecule has 0 aliphatic carbocycles. The fourth-order valence-corrected chi connectivity index (χ4v) is 3.16. The lowest BCUT2D eigenvalue weighted by Crippen LogP contribution is -2.34. The van der Waals surface area contributed by atoms with Crippen molar-refractivity contribution in [3.05, 3.63) is 47.5 Å². The molecule has 0 aromatic heterocycles. The van der Waals surface area contributed by atoms with E-state index >= 15 is 0 Å². The summed E-state index contributed by atoms with van der Waals surface area (Å²) in [6.07, 6.45) is 5.20. The van der Waals surface area contributed by atoms with Gasteiger partial charge in [0.1, 0.15) is 0 Å². The standard InChI is InChI=1S/C19H27BO.C2H6/c1-8-15-14(3)11-10-12-16(15)17(9-2)20-13-18(4,5)19(6,7)21-20;1-2/h8-12H,1,13H2,2-7H3;1-2H3/b17-9+;. The van der Waals surface area contributed by atoms with Crippen molar-refractivity contribution in [3.63, 3.8) is 0 Å². The lowest BCUT2D eigenvalue weighted by Gasteiger charge is -2.34. The van der Waals surface area contributed by atoms with Gasteiger partial charge in [-0.05, 0) is 61.6 Å². The molecule has 0 spiro atoms. The second-order valence-electron chi connectivity index (χ2n) is 7.19. The molecule has 0 unspecified atom stereocenters. The minimum atomic E-state index is -0.107. The zero-order valence-electron chi connectivity index (χ0n) is 16.3. The maximum absolute atomic E-state index is 6.41. The van der Waals surface area contributed by atoms with Crippen molar-refractivity contribution in [1.82, 2.24) is 0 Å². The van der Waals surface area contributed by atoms with Crippen LogP contribution in [0.5, 0.6) is 0 Å². The third-order valence-corrected chi connectivity index (χ3v) is 5.26. The molecule has 1 heterocycles. The van der Waals surface area contributed by atoms with Crippen LogP contribution in [0.2, 0.25) is 6.32 Å². The lowest BCUT2D eigenvalue weighted by atomic mass is 9.51. The average Bonchev–Trinajstić information content (AvgIpc) is 2.70. The van der Waals surface area contributed by atoms with Gasteiger partial charge in [0.15, 0.2) is 0 Å². The van der Waals surface area contributed by atoms with Gasteiger partial charge in [0.25, 0.3) is 0 Å². The highest BCUT2D eigenvalue weighted by Gasteiger charge is 2.50. The molecule has 23 heavy (non-hydrogen) atoms. The molecule has 0 atom stereocenters. The number of hydrogen-bond donors (Lipinski definition) is 0. The van der Waals surface area contributed by atoms with Crippen LogP contribution < -0.4 is 0 Å². The second kappa shape index (κ2) is 7.53. The van der Waals surface area contributed by atoms with Crippen molar-refractivity contribution >= 4 is 18.5 Å². The summed E-state index contributed by atoms with van der Waals surface area (Å²) in [5, 5.41) is 0. The van der Waals surface area contributed by atoms with Gasteiger partial charge in [-0.3, -0.25) is 0 Å². The van der Waals surface area contributed by atoms with Gasteiger partial charge in [0, 0.05) is 0 Å². The van der Waals surface area contributed by atoms with Crippen LogP contribution in [0.3, 0.4) is 0 Å². The van der Waals surface area contributed by atoms with Crippen molar-refractivity contribution in [1.29, 1.82) is 0 Å². The molecule has 1 aliphatic heterocycles. The SMILES string of the molecule is C=Cc1c(C)cccc1/C(=C\C)B1CC(C)(C)C(C)(C)O1.CC. The highest BCUT2D eigenvalue weighted by atomic mass is 16.5. The molecular weight excluding hydrogens is 279 g/mol. The lowest BCUT2D eigenvalue weighted by molar-refractivity contribution is 0.0376. The number of hydrogen-bond acceptors (Lipinski definition) is 1. The van der Waals surface area contributed by atoms with Crippen molar-refractivity contribution in [2.24, 2.45) is 5.41 Å². The first-order valence-electron chi connectivity index (χ1n) is 8.80. The molecule has 1 fully saturated rings. The van der Waals surface area contributed by atoms with Crippen LogP contribution in [0.4, 0.5) is 0 Å². The van der Waals surface area contributed by atoms with E-state index in [4.69, 9.17) is 4.65 Å². The van der Waals surface area contributed by atoms with Crippen LogP contribution >= 0.6 is 0 Å². The van der Waals surface area contributed by atoms with Crippen molar-refractivity contribution in [3.8, 4) is 0 Å². The van der Waals surface area contributed by atoms with E-state index in [1.165, 1.54) is 22.2 Å². The largest absolute Gasteiger partial charge is 0.426 e. The van der Waals surface area contributed by atoms with E-state index < -0.39 is 0 Å². The van der Waals surface area contributed by atoms with Gasteiger partial charge in [-0.1, -0.05) is 64.6 Å². The third kappa shape index (κ3) is 3.80.